The first-order valence-corrected chi connectivity index (χ1v) is 4.70. The number of rotatable bonds is 1. The van der Waals surface area contributed by atoms with E-state index in [1.54, 1.807) is 0 Å². The Kier molecular flexibility index (Phi) is 1.68. The number of carboxylic acid groups (broad SMARTS) is 1. The summed E-state index contributed by atoms with van der Waals surface area (Å²) in [4.78, 5) is 10.2. The highest BCUT2D eigenvalue weighted by molar-refractivity contribution is 7.93. The molecule has 0 radical (unpaired) electrons. The maximum absolute atomic E-state index is 10.8. The number of sulfone groups is 1. The minimum absolute atomic E-state index is 0.0317. The Morgan fingerprint density at radius 3 is 2.30 bits per heavy atom. The number of carboxylic acids is 1. The summed E-state index contributed by atoms with van der Waals surface area (Å²) in [7, 11) is -3.29. The fourth-order valence-electron chi connectivity index (χ4n) is 1.07. The number of carbonyl (C=O) groups is 1. The summed E-state index contributed by atoms with van der Waals surface area (Å²) in [6, 6.07) is 0. The smallest absolute Gasteiger partial charge is 0.321 e. The van der Waals surface area contributed by atoms with Crippen LogP contribution >= 0.6 is 0 Å². The Hall–Kier alpha value is -0.580. The molecule has 0 spiro atoms. The van der Waals surface area contributed by atoms with Crippen LogP contribution in [-0.2, 0) is 14.6 Å². The van der Waals surface area contributed by atoms with Gasteiger partial charge in [0.1, 0.15) is 0 Å². The summed E-state index contributed by atoms with van der Waals surface area (Å²) in [5.74, 6) is -1.18. The first kappa shape index (κ1) is 7.53. The summed E-state index contributed by atoms with van der Waals surface area (Å²) in [5.41, 5.74) is 0. The molecule has 4 nitrogen and oxygen atoms in total. The van der Waals surface area contributed by atoms with E-state index in [-0.39, 0.29) is 12.2 Å². The summed E-state index contributed by atoms with van der Waals surface area (Å²) in [6.07, 6.45) is 0.761. The van der Waals surface area contributed by atoms with Gasteiger partial charge in [0, 0.05) is 0 Å². The van der Waals surface area contributed by atoms with E-state index < -0.39 is 21.1 Å². The summed E-state index contributed by atoms with van der Waals surface area (Å²) >= 11 is 0. The topological polar surface area (TPSA) is 71.4 Å². The van der Waals surface area contributed by atoms with Crippen molar-refractivity contribution >= 4 is 15.8 Å². The average Bonchev–Trinajstić information content (AvgIpc) is 2.08. The zero-order valence-electron chi connectivity index (χ0n) is 5.28. The maximum atomic E-state index is 10.8. The van der Waals surface area contributed by atoms with Crippen molar-refractivity contribution in [2.24, 2.45) is 0 Å². The van der Waals surface area contributed by atoms with E-state index in [0.717, 1.165) is 0 Å². The fourth-order valence-corrected chi connectivity index (χ4v) is 2.76. The molecule has 1 heterocycles. The van der Waals surface area contributed by atoms with Gasteiger partial charge in [-0.05, 0) is 12.8 Å². The Balaban J connectivity index is 2.90. The van der Waals surface area contributed by atoms with Gasteiger partial charge in [0.05, 0.1) is 5.75 Å². The molecule has 0 aromatic heterocycles. The SMILES string of the molecule is O=C(O)[C@H]1CCCS1(=O)=O. The van der Waals surface area contributed by atoms with Crippen LogP contribution in [0.2, 0.25) is 0 Å². The summed E-state index contributed by atoms with van der Waals surface area (Å²) in [6.45, 7) is 0. The molecule has 1 aliphatic rings. The molecule has 0 amide bonds. The van der Waals surface area contributed by atoms with Crippen LogP contribution in [0.3, 0.4) is 0 Å². The molecular formula is C5H8O4S. The van der Waals surface area contributed by atoms with Gasteiger partial charge >= 0.3 is 5.97 Å². The largest absolute Gasteiger partial charge is 0.480 e. The lowest BCUT2D eigenvalue weighted by atomic mass is 10.3. The van der Waals surface area contributed by atoms with Crippen molar-refractivity contribution < 1.29 is 18.3 Å². The molecule has 0 saturated carbocycles. The standard InChI is InChI=1S/C5H8O4S/c6-5(7)4-2-1-3-10(4,8)9/h4H,1-3H2,(H,6,7)/t4-/m1/s1. The molecular weight excluding hydrogens is 156 g/mol. The molecule has 10 heavy (non-hydrogen) atoms. The van der Waals surface area contributed by atoms with Crippen LogP contribution in [0.5, 0.6) is 0 Å². The van der Waals surface area contributed by atoms with Crippen LogP contribution in [0.25, 0.3) is 0 Å². The Bertz CT molecular complexity index is 240. The van der Waals surface area contributed by atoms with Gasteiger partial charge in [-0.25, -0.2) is 8.42 Å². The Labute approximate surface area is 58.8 Å². The van der Waals surface area contributed by atoms with E-state index in [4.69, 9.17) is 5.11 Å². The zero-order chi connectivity index (χ0) is 7.78. The van der Waals surface area contributed by atoms with Gasteiger partial charge in [-0.15, -0.1) is 0 Å². The van der Waals surface area contributed by atoms with Crippen molar-refractivity contribution in [1.29, 1.82) is 0 Å². The minimum Gasteiger partial charge on any atom is -0.480 e. The normalized spacial score (nSPS) is 30.2. The van der Waals surface area contributed by atoms with Gasteiger partial charge in [0.2, 0.25) is 0 Å². The molecule has 0 aromatic carbocycles. The molecule has 1 aliphatic heterocycles. The van der Waals surface area contributed by atoms with Crippen LogP contribution in [0.1, 0.15) is 12.8 Å². The van der Waals surface area contributed by atoms with Crippen LogP contribution in [0.15, 0.2) is 0 Å². The Morgan fingerprint density at radius 1 is 1.50 bits per heavy atom. The molecule has 5 heteroatoms. The quantitative estimate of drug-likeness (QED) is 0.575. The maximum Gasteiger partial charge on any atom is 0.321 e. The predicted octanol–water partition coefficient (Wildman–Crippen LogP) is -0.352. The lowest BCUT2D eigenvalue weighted by molar-refractivity contribution is -0.136. The molecule has 1 saturated heterocycles. The van der Waals surface area contributed by atoms with Crippen molar-refractivity contribution in [3.05, 3.63) is 0 Å². The van der Waals surface area contributed by atoms with Crippen molar-refractivity contribution in [3.63, 3.8) is 0 Å². The first-order valence-electron chi connectivity index (χ1n) is 2.98. The van der Waals surface area contributed by atoms with E-state index >= 15 is 0 Å². The van der Waals surface area contributed by atoms with E-state index in [2.05, 4.69) is 0 Å². The molecule has 1 atom stereocenters. The number of hydrogen-bond acceptors (Lipinski definition) is 3. The Morgan fingerprint density at radius 2 is 2.10 bits per heavy atom. The third-order valence-electron chi connectivity index (χ3n) is 1.60. The van der Waals surface area contributed by atoms with Gasteiger partial charge in [-0.2, -0.15) is 0 Å². The number of aliphatic carboxylic acids is 1. The third-order valence-corrected chi connectivity index (χ3v) is 3.77. The molecule has 1 N–H and O–H groups in total. The highest BCUT2D eigenvalue weighted by Crippen LogP contribution is 2.19. The van der Waals surface area contributed by atoms with Crippen LogP contribution in [0.4, 0.5) is 0 Å². The molecule has 0 aromatic rings. The molecule has 0 bridgehead atoms. The van der Waals surface area contributed by atoms with Gasteiger partial charge in [-0.3, -0.25) is 4.79 Å². The van der Waals surface area contributed by atoms with E-state index in [1.165, 1.54) is 0 Å². The third kappa shape index (κ3) is 1.13. The second kappa shape index (κ2) is 2.23. The average molecular weight is 164 g/mol. The van der Waals surface area contributed by atoms with Crippen LogP contribution in [-0.4, -0.2) is 30.5 Å². The number of hydrogen-bond donors (Lipinski definition) is 1. The van der Waals surface area contributed by atoms with Gasteiger partial charge in [0.25, 0.3) is 0 Å². The van der Waals surface area contributed by atoms with Crippen LogP contribution in [0, 0.1) is 0 Å². The molecule has 0 unspecified atom stereocenters. The van der Waals surface area contributed by atoms with E-state index in [9.17, 15) is 13.2 Å². The highest BCUT2D eigenvalue weighted by atomic mass is 32.2. The summed E-state index contributed by atoms with van der Waals surface area (Å²) in [5, 5.41) is 7.24. The van der Waals surface area contributed by atoms with Gasteiger partial charge in [-0.1, -0.05) is 0 Å². The van der Waals surface area contributed by atoms with Crippen molar-refractivity contribution in [3.8, 4) is 0 Å². The molecule has 1 rings (SSSR count). The fraction of sp³-hybridized carbons (Fsp3) is 0.800. The van der Waals surface area contributed by atoms with Crippen molar-refractivity contribution in [1.82, 2.24) is 0 Å². The molecule has 1 fully saturated rings. The van der Waals surface area contributed by atoms with Crippen molar-refractivity contribution in [2.45, 2.75) is 18.1 Å². The van der Waals surface area contributed by atoms with Crippen LogP contribution < -0.4 is 0 Å². The van der Waals surface area contributed by atoms with Gasteiger partial charge in [0.15, 0.2) is 15.1 Å². The van der Waals surface area contributed by atoms with Gasteiger partial charge < -0.3 is 5.11 Å². The second-order valence-electron chi connectivity index (χ2n) is 2.34. The lowest BCUT2D eigenvalue weighted by Crippen LogP contribution is -2.25. The second-order valence-corrected chi connectivity index (χ2v) is 4.64. The zero-order valence-corrected chi connectivity index (χ0v) is 6.10. The van der Waals surface area contributed by atoms with Crippen molar-refractivity contribution in [2.75, 3.05) is 5.75 Å². The highest BCUT2D eigenvalue weighted by Gasteiger charge is 2.36. The lowest BCUT2D eigenvalue weighted by Gasteiger charge is -1.99. The monoisotopic (exact) mass is 164 g/mol. The van der Waals surface area contributed by atoms with E-state index in [0.29, 0.717) is 6.42 Å². The molecule has 58 valence electrons. The molecule has 0 aliphatic carbocycles. The predicted molar refractivity (Wildman–Crippen MR) is 34.4 cm³/mol. The summed E-state index contributed by atoms with van der Waals surface area (Å²) < 4.78 is 21.6. The minimum atomic E-state index is -3.29. The van der Waals surface area contributed by atoms with E-state index in [1.807, 2.05) is 0 Å². The first-order chi connectivity index (χ1) is 4.54.